The number of ether oxygens (including phenoxy) is 1. The van der Waals surface area contributed by atoms with Gasteiger partial charge in [0.05, 0.1) is 35.3 Å². The van der Waals surface area contributed by atoms with Crippen molar-refractivity contribution in [1.82, 2.24) is 9.91 Å². The predicted molar refractivity (Wildman–Crippen MR) is 197 cm³/mol. The van der Waals surface area contributed by atoms with E-state index in [-0.39, 0.29) is 37.4 Å². The number of carbonyl (C=O) groups excluding carboxylic acids is 4. The molecule has 1 saturated carbocycles. The van der Waals surface area contributed by atoms with E-state index in [1.807, 2.05) is 36.4 Å². The minimum absolute atomic E-state index is 0.0108. The SMILES string of the molecule is O=C(O)CCN1C(=O)C2CC=C3C(CC4C(=O)N(Nc5ccc(F)cc5)C(=O)C4(c4ccc(Cl)cc4)C3c3ccc(OCc4ccccc4)cc3O)C2C1=O. The van der Waals surface area contributed by atoms with E-state index in [9.17, 15) is 33.8 Å². The van der Waals surface area contributed by atoms with Crippen LogP contribution in [-0.4, -0.2) is 56.3 Å². The number of likely N-dealkylation sites (tertiary alicyclic amines) is 1. The first kappa shape index (κ1) is 36.0. The fourth-order valence-electron chi connectivity index (χ4n) is 9.09. The van der Waals surface area contributed by atoms with Crippen molar-refractivity contribution in [2.24, 2.45) is 23.7 Å². The van der Waals surface area contributed by atoms with E-state index in [1.54, 1.807) is 36.4 Å². The number of aromatic hydroxyl groups is 1. The Hall–Kier alpha value is -6.01. The Morgan fingerprint density at radius 1 is 0.909 bits per heavy atom. The molecule has 2 heterocycles. The van der Waals surface area contributed by atoms with Crippen molar-refractivity contribution in [2.45, 2.75) is 37.2 Å². The van der Waals surface area contributed by atoms with Crippen LogP contribution in [0.1, 0.15) is 41.9 Å². The van der Waals surface area contributed by atoms with Crippen LogP contribution < -0.4 is 10.2 Å². The van der Waals surface area contributed by atoms with Crippen molar-refractivity contribution in [3.8, 4) is 11.5 Å². The number of hydrazine groups is 1. The summed E-state index contributed by atoms with van der Waals surface area (Å²) in [5.41, 5.74) is 3.72. The molecule has 6 unspecified atom stereocenters. The molecule has 2 aliphatic heterocycles. The van der Waals surface area contributed by atoms with Crippen molar-refractivity contribution in [1.29, 1.82) is 0 Å². The summed E-state index contributed by atoms with van der Waals surface area (Å²) in [7, 11) is 0. The zero-order chi connectivity index (χ0) is 38.6. The summed E-state index contributed by atoms with van der Waals surface area (Å²) < 4.78 is 19.9. The lowest BCUT2D eigenvalue weighted by Crippen LogP contribution is -2.53. The second kappa shape index (κ2) is 14.0. The number of halogens is 2. The second-order valence-electron chi connectivity index (χ2n) is 14.3. The van der Waals surface area contributed by atoms with Crippen LogP contribution in [0.25, 0.3) is 0 Å². The first-order chi connectivity index (χ1) is 26.5. The van der Waals surface area contributed by atoms with Gasteiger partial charge in [-0.15, -0.1) is 0 Å². The van der Waals surface area contributed by atoms with Crippen LogP contribution in [0.2, 0.25) is 5.02 Å². The number of hydrogen-bond donors (Lipinski definition) is 3. The molecule has 4 aromatic rings. The Bertz CT molecular complexity index is 2250. The first-order valence-electron chi connectivity index (χ1n) is 17.9. The van der Waals surface area contributed by atoms with Gasteiger partial charge in [-0.2, -0.15) is 5.01 Å². The molecule has 8 rings (SSSR count). The molecule has 6 atom stereocenters. The predicted octanol–water partition coefficient (Wildman–Crippen LogP) is 6.22. The summed E-state index contributed by atoms with van der Waals surface area (Å²) in [4.78, 5) is 70.3. The normalized spacial score (nSPS) is 25.6. The molecule has 4 aromatic carbocycles. The zero-order valence-corrected chi connectivity index (χ0v) is 30.0. The number of carbonyl (C=O) groups is 5. The number of carboxylic acid groups (broad SMARTS) is 1. The van der Waals surface area contributed by atoms with E-state index in [4.69, 9.17) is 16.3 Å². The van der Waals surface area contributed by atoms with Crippen molar-refractivity contribution < 1.29 is 43.3 Å². The molecular weight excluding hydrogens is 729 g/mol. The average Bonchev–Trinajstić information content (AvgIpc) is 3.55. The van der Waals surface area contributed by atoms with Crippen LogP contribution in [0.4, 0.5) is 10.1 Å². The molecule has 3 fully saturated rings. The lowest BCUT2D eigenvalue weighted by Gasteiger charge is -2.50. The molecule has 2 saturated heterocycles. The van der Waals surface area contributed by atoms with Crippen molar-refractivity contribution in [2.75, 3.05) is 12.0 Å². The Kier molecular flexibility index (Phi) is 9.16. The third-order valence-electron chi connectivity index (χ3n) is 11.5. The maximum absolute atomic E-state index is 15.3. The minimum Gasteiger partial charge on any atom is -0.508 e. The lowest BCUT2D eigenvalue weighted by atomic mass is 9.49. The molecule has 0 aromatic heterocycles. The van der Waals surface area contributed by atoms with E-state index >= 15 is 4.79 Å². The van der Waals surface area contributed by atoms with Crippen molar-refractivity contribution in [3.63, 3.8) is 0 Å². The highest BCUT2D eigenvalue weighted by molar-refractivity contribution is 6.30. The van der Waals surface area contributed by atoms with Crippen LogP contribution in [0, 0.1) is 29.5 Å². The number of aliphatic carboxylic acids is 1. The van der Waals surface area contributed by atoms with Crippen LogP contribution in [0.15, 0.2) is 109 Å². The molecule has 4 amide bonds. The van der Waals surface area contributed by atoms with E-state index in [1.165, 1.54) is 30.3 Å². The number of phenolic OH excluding ortho intramolecular Hbond substituents is 1. The minimum atomic E-state index is -1.69. The quantitative estimate of drug-likeness (QED) is 0.126. The van der Waals surface area contributed by atoms with Gasteiger partial charge in [0.25, 0.3) is 11.8 Å². The number of nitrogens with zero attached hydrogens (tertiary/aromatic N) is 2. The summed E-state index contributed by atoms with van der Waals surface area (Å²) in [5.74, 6) is -8.39. The molecule has 2 aliphatic carbocycles. The molecule has 280 valence electrons. The number of carboxylic acids is 1. The van der Waals surface area contributed by atoms with Gasteiger partial charge in [0.1, 0.15) is 23.9 Å². The fourth-order valence-corrected chi connectivity index (χ4v) is 9.22. The molecule has 3 N–H and O–H groups in total. The summed E-state index contributed by atoms with van der Waals surface area (Å²) >= 11 is 6.35. The van der Waals surface area contributed by atoms with Crippen LogP contribution in [-0.2, 0) is 36.0 Å². The number of phenols is 1. The highest BCUT2D eigenvalue weighted by Gasteiger charge is 2.70. The topological polar surface area (TPSA) is 154 Å². The number of nitrogens with one attached hydrogen (secondary N) is 1. The number of hydrogen-bond acceptors (Lipinski definition) is 8. The highest BCUT2D eigenvalue weighted by atomic mass is 35.5. The van der Waals surface area contributed by atoms with E-state index in [0.717, 1.165) is 15.5 Å². The number of fused-ring (bicyclic) bond motifs is 4. The fraction of sp³-hybridized carbons (Fsp3) is 0.262. The molecule has 55 heavy (non-hydrogen) atoms. The van der Waals surface area contributed by atoms with Gasteiger partial charge in [0.15, 0.2) is 0 Å². The van der Waals surface area contributed by atoms with Gasteiger partial charge in [-0.05, 0) is 72.4 Å². The average molecular weight is 764 g/mol. The summed E-state index contributed by atoms with van der Waals surface area (Å²) in [6, 6.07) is 26.0. The number of rotatable bonds is 10. The Morgan fingerprint density at radius 2 is 1.64 bits per heavy atom. The largest absolute Gasteiger partial charge is 0.508 e. The zero-order valence-electron chi connectivity index (χ0n) is 29.2. The third kappa shape index (κ3) is 6.01. The van der Waals surface area contributed by atoms with E-state index in [2.05, 4.69) is 5.43 Å². The Morgan fingerprint density at radius 3 is 2.33 bits per heavy atom. The number of amides is 4. The highest BCUT2D eigenvalue weighted by Crippen LogP contribution is 2.65. The summed E-state index contributed by atoms with van der Waals surface area (Å²) in [6.45, 7) is -0.0662. The smallest absolute Gasteiger partial charge is 0.305 e. The van der Waals surface area contributed by atoms with Crippen LogP contribution >= 0.6 is 11.6 Å². The first-order valence-corrected chi connectivity index (χ1v) is 18.3. The second-order valence-corrected chi connectivity index (χ2v) is 14.8. The summed E-state index contributed by atoms with van der Waals surface area (Å²) in [5, 5.41) is 22.6. The summed E-state index contributed by atoms with van der Waals surface area (Å²) in [6.07, 6.45) is 1.53. The maximum atomic E-state index is 15.3. The van der Waals surface area contributed by atoms with Gasteiger partial charge in [-0.1, -0.05) is 71.8 Å². The molecule has 0 radical (unpaired) electrons. The molecular formula is C42H35ClFN3O8. The number of benzene rings is 4. The Balaban J connectivity index is 1.28. The molecule has 13 heteroatoms. The van der Waals surface area contributed by atoms with Gasteiger partial charge >= 0.3 is 5.97 Å². The molecule has 4 aliphatic rings. The standard InChI is InChI=1S/C42H35ClFN3O8/c43-25-8-6-24(7-9-25)42-33(39(52)47(41(42)54)45-27-12-10-26(44)11-13-27)21-32-29(16-17-31-36(32)40(53)46(38(31)51)19-18-35(49)50)37(42)30-15-14-28(20-34(30)48)55-22-23-4-2-1-3-5-23/h1-16,20,31-33,36-37,45,48H,17-19,21-22H2,(H,49,50). The number of allylic oxidation sites excluding steroid dienone is 2. The number of imide groups is 2. The van der Waals surface area contributed by atoms with Crippen molar-refractivity contribution >= 4 is 46.9 Å². The van der Waals surface area contributed by atoms with Gasteiger partial charge in [0.2, 0.25) is 11.8 Å². The lowest BCUT2D eigenvalue weighted by molar-refractivity contribution is -0.143. The molecule has 11 nitrogen and oxygen atoms in total. The van der Waals surface area contributed by atoms with Gasteiger partial charge in [-0.25, -0.2) is 4.39 Å². The molecule has 0 spiro atoms. The molecule has 0 bridgehead atoms. The maximum Gasteiger partial charge on any atom is 0.305 e. The van der Waals surface area contributed by atoms with E-state index in [0.29, 0.717) is 27.5 Å². The van der Waals surface area contributed by atoms with Crippen LogP contribution in [0.3, 0.4) is 0 Å². The van der Waals surface area contributed by atoms with Gasteiger partial charge in [0, 0.05) is 29.1 Å². The monoisotopic (exact) mass is 763 g/mol. The van der Waals surface area contributed by atoms with Crippen LogP contribution in [0.5, 0.6) is 11.5 Å². The van der Waals surface area contributed by atoms with Gasteiger partial charge in [-0.3, -0.25) is 34.3 Å². The number of anilines is 1. The Labute approximate surface area is 319 Å². The van der Waals surface area contributed by atoms with Crippen molar-refractivity contribution in [3.05, 3.63) is 136 Å². The van der Waals surface area contributed by atoms with Gasteiger partial charge < -0.3 is 14.9 Å². The third-order valence-corrected chi connectivity index (χ3v) is 11.7. The van der Waals surface area contributed by atoms with E-state index < -0.39 is 76.8 Å².